The number of amides is 2. The van der Waals surface area contributed by atoms with Crippen molar-refractivity contribution in [1.29, 1.82) is 0 Å². The van der Waals surface area contributed by atoms with Crippen molar-refractivity contribution >= 4 is 29.4 Å². The van der Waals surface area contributed by atoms with Gasteiger partial charge in [0.25, 0.3) is 11.6 Å². The summed E-state index contributed by atoms with van der Waals surface area (Å²) in [6.45, 7) is 0. The van der Waals surface area contributed by atoms with Gasteiger partial charge in [0.1, 0.15) is 0 Å². The van der Waals surface area contributed by atoms with Crippen LogP contribution in [0.4, 0.5) is 17.1 Å². The molecule has 22 heavy (non-hydrogen) atoms. The largest absolute Gasteiger partial charge is 0.322 e. The Kier molecular flexibility index (Phi) is 4.66. The molecule has 0 fully saturated rings. The van der Waals surface area contributed by atoms with Crippen LogP contribution in [0.5, 0.6) is 0 Å². The predicted molar refractivity (Wildman–Crippen MR) is 80.3 cm³/mol. The van der Waals surface area contributed by atoms with Crippen LogP contribution in [0.1, 0.15) is 10.4 Å². The molecule has 0 atom stereocenters. The molecule has 0 saturated heterocycles. The first kappa shape index (κ1) is 15.0. The van der Waals surface area contributed by atoms with E-state index in [1.165, 1.54) is 24.3 Å². The van der Waals surface area contributed by atoms with E-state index in [2.05, 4.69) is 16.2 Å². The lowest BCUT2D eigenvalue weighted by Crippen LogP contribution is -2.18. The lowest BCUT2D eigenvalue weighted by atomic mass is 10.2. The smallest absolute Gasteiger partial charge is 0.270 e. The second-order valence-corrected chi connectivity index (χ2v) is 4.23. The number of hydrogen-bond donors (Lipinski definition) is 3. The minimum Gasteiger partial charge on any atom is -0.322 e. The number of carbonyl (C=O) groups excluding carboxylic acids is 2. The van der Waals surface area contributed by atoms with Crippen molar-refractivity contribution in [2.24, 2.45) is 0 Å². The number of rotatable bonds is 6. The quantitative estimate of drug-likeness (QED) is 0.428. The van der Waals surface area contributed by atoms with Crippen molar-refractivity contribution in [3.05, 3.63) is 64.2 Å². The predicted octanol–water partition coefficient (Wildman–Crippen LogP) is 1.92. The van der Waals surface area contributed by atoms with Crippen molar-refractivity contribution in [3.63, 3.8) is 0 Å². The van der Waals surface area contributed by atoms with E-state index < -0.39 is 10.8 Å². The van der Waals surface area contributed by atoms with Crippen molar-refractivity contribution in [1.82, 2.24) is 5.43 Å². The third-order valence-corrected chi connectivity index (χ3v) is 2.74. The molecular weight excluding hydrogens is 288 g/mol. The maximum Gasteiger partial charge on any atom is 0.270 e. The highest BCUT2D eigenvalue weighted by molar-refractivity contribution is 6.04. The minimum atomic E-state index is -0.558. The summed E-state index contributed by atoms with van der Waals surface area (Å²) in [6, 6.07) is 12.0. The Morgan fingerprint density at radius 2 is 1.77 bits per heavy atom. The number of carbonyl (C=O) groups is 2. The van der Waals surface area contributed by atoms with Crippen LogP contribution >= 0.6 is 0 Å². The SMILES string of the molecule is O=CNNc1ccc(NC(=O)c2cccc([N+](=O)[O-])c2)cc1. The van der Waals surface area contributed by atoms with E-state index >= 15 is 0 Å². The molecule has 0 saturated carbocycles. The summed E-state index contributed by atoms with van der Waals surface area (Å²) >= 11 is 0. The third kappa shape index (κ3) is 3.79. The second-order valence-electron chi connectivity index (χ2n) is 4.23. The first-order valence-electron chi connectivity index (χ1n) is 6.21. The molecule has 8 nitrogen and oxygen atoms in total. The van der Waals surface area contributed by atoms with Gasteiger partial charge in [-0.2, -0.15) is 0 Å². The summed E-state index contributed by atoms with van der Waals surface area (Å²) < 4.78 is 0. The summed E-state index contributed by atoms with van der Waals surface area (Å²) in [5, 5.41) is 13.3. The Hall–Kier alpha value is -3.42. The Balaban J connectivity index is 2.06. The Labute approximate surface area is 125 Å². The van der Waals surface area contributed by atoms with Crippen LogP contribution in [-0.4, -0.2) is 17.2 Å². The minimum absolute atomic E-state index is 0.146. The fraction of sp³-hybridized carbons (Fsp3) is 0. The lowest BCUT2D eigenvalue weighted by molar-refractivity contribution is -0.384. The van der Waals surface area contributed by atoms with E-state index in [4.69, 9.17) is 0 Å². The van der Waals surface area contributed by atoms with Crippen LogP contribution < -0.4 is 16.2 Å². The summed E-state index contributed by atoms with van der Waals surface area (Å²) in [5.74, 6) is -0.449. The molecule has 3 N–H and O–H groups in total. The molecule has 0 radical (unpaired) electrons. The molecule has 0 aliphatic heterocycles. The normalized spacial score (nSPS) is 9.64. The number of hydrogen-bond acceptors (Lipinski definition) is 5. The van der Waals surface area contributed by atoms with Crippen molar-refractivity contribution in [3.8, 4) is 0 Å². The van der Waals surface area contributed by atoms with Gasteiger partial charge in [-0.15, -0.1) is 0 Å². The van der Waals surface area contributed by atoms with Crippen molar-refractivity contribution in [2.45, 2.75) is 0 Å². The first-order chi connectivity index (χ1) is 10.6. The van der Waals surface area contributed by atoms with Gasteiger partial charge < -0.3 is 5.32 Å². The van der Waals surface area contributed by atoms with Gasteiger partial charge in [-0.1, -0.05) is 6.07 Å². The Morgan fingerprint density at radius 3 is 2.41 bits per heavy atom. The number of benzene rings is 2. The zero-order valence-electron chi connectivity index (χ0n) is 11.3. The number of nitro groups is 1. The average Bonchev–Trinajstić information content (AvgIpc) is 2.54. The number of anilines is 2. The molecule has 0 aliphatic carbocycles. The third-order valence-electron chi connectivity index (χ3n) is 2.74. The van der Waals surface area contributed by atoms with E-state index in [0.717, 1.165) is 0 Å². The molecule has 0 bridgehead atoms. The molecule has 0 spiro atoms. The van der Waals surface area contributed by atoms with Gasteiger partial charge in [0, 0.05) is 23.4 Å². The van der Waals surface area contributed by atoms with Crippen LogP contribution in [0.2, 0.25) is 0 Å². The van der Waals surface area contributed by atoms with Gasteiger partial charge in [-0.05, 0) is 30.3 Å². The van der Waals surface area contributed by atoms with Gasteiger partial charge in [-0.3, -0.25) is 30.6 Å². The average molecular weight is 300 g/mol. The van der Waals surface area contributed by atoms with Gasteiger partial charge in [-0.25, -0.2) is 0 Å². The van der Waals surface area contributed by atoms with Crippen LogP contribution in [0.3, 0.4) is 0 Å². The van der Waals surface area contributed by atoms with Crippen molar-refractivity contribution in [2.75, 3.05) is 10.7 Å². The second kappa shape index (κ2) is 6.84. The van der Waals surface area contributed by atoms with Gasteiger partial charge in [0.2, 0.25) is 6.41 Å². The zero-order chi connectivity index (χ0) is 15.9. The molecule has 0 unspecified atom stereocenters. The molecule has 2 rings (SSSR count). The maximum atomic E-state index is 12.0. The molecule has 0 heterocycles. The first-order valence-corrected chi connectivity index (χ1v) is 6.21. The number of hydrazine groups is 1. The van der Waals surface area contributed by atoms with Gasteiger partial charge in [0.05, 0.1) is 10.6 Å². The number of nitrogens with zero attached hydrogens (tertiary/aromatic N) is 1. The highest BCUT2D eigenvalue weighted by atomic mass is 16.6. The number of nitro benzene ring substituents is 1. The molecule has 8 heteroatoms. The van der Waals surface area contributed by atoms with Crippen LogP contribution in [-0.2, 0) is 4.79 Å². The lowest BCUT2D eigenvalue weighted by Gasteiger charge is -2.07. The molecule has 0 aromatic heterocycles. The molecule has 0 aliphatic rings. The Bertz CT molecular complexity index is 700. The van der Waals surface area contributed by atoms with Crippen molar-refractivity contribution < 1.29 is 14.5 Å². The highest BCUT2D eigenvalue weighted by Crippen LogP contribution is 2.16. The van der Waals surface area contributed by atoms with E-state index in [9.17, 15) is 19.7 Å². The fourth-order valence-electron chi connectivity index (χ4n) is 1.71. The van der Waals surface area contributed by atoms with Gasteiger partial charge in [0.15, 0.2) is 0 Å². The molecular formula is C14H12N4O4. The molecule has 2 aromatic rings. The summed E-state index contributed by atoms with van der Waals surface area (Å²) in [7, 11) is 0. The molecule has 112 valence electrons. The summed E-state index contributed by atoms with van der Waals surface area (Å²) in [6.07, 6.45) is 0.498. The van der Waals surface area contributed by atoms with E-state index in [0.29, 0.717) is 17.8 Å². The standard InChI is InChI=1S/C14H12N4O4/c19-9-15-17-12-6-4-11(5-7-12)16-14(20)10-2-1-3-13(8-10)18(21)22/h1-9,17H,(H,15,19)(H,16,20). The topological polar surface area (TPSA) is 113 Å². The van der Waals surface area contributed by atoms with E-state index in [1.807, 2.05) is 0 Å². The number of non-ortho nitro benzene ring substituents is 1. The molecule has 2 aromatic carbocycles. The van der Waals surface area contributed by atoms with E-state index in [-0.39, 0.29) is 11.3 Å². The Morgan fingerprint density at radius 1 is 1.09 bits per heavy atom. The van der Waals surface area contributed by atoms with Crippen LogP contribution in [0.25, 0.3) is 0 Å². The van der Waals surface area contributed by atoms with E-state index in [1.54, 1.807) is 24.3 Å². The van der Waals surface area contributed by atoms with Crippen LogP contribution in [0, 0.1) is 10.1 Å². The summed E-state index contributed by atoms with van der Waals surface area (Å²) in [5.41, 5.74) is 6.11. The molecule has 2 amide bonds. The van der Waals surface area contributed by atoms with Gasteiger partial charge >= 0.3 is 0 Å². The zero-order valence-corrected chi connectivity index (χ0v) is 11.3. The number of nitrogens with one attached hydrogen (secondary N) is 3. The van der Waals surface area contributed by atoms with Crippen LogP contribution in [0.15, 0.2) is 48.5 Å². The monoisotopic (exact) mass is 300 g/mol. The fourth-order valence-corrected chi connectivity index (χ4v) is 1.71. The summed E-state index contributed by atoms with van der Waals surface area (Å²) in [4.78, 5) is 32.3. The maximum absolute atomic E-state index is 12.0. The highest BCUT2D eigenvalue weighted by Gasteiger charge is 2.11.